The first kappa shape index (κ1) is 15.5. The van der Waals surface area contributed by atoms with Crippen LogP contribution in [0, 0.1) is 11.8 Å². The molecule has 1 aliphatic carbocycles. The van der Waals surface area contributed by atoms with E-state index < -0.39 is 0 Å². The zero-order valence-electron chi connectivity index (χ0n) is 13.7. The normalized spacial score (nSPS) is 28.2. The molecule has 2 heterocycles. The van der Waals surface area contributed by atoms with Gasteiger partial charge in [-0.05, 0) is 68.9 Å². The van der Waals surface area contributed by atoms with Gasteiger partial charge in [-0.15, -0.1) is 0 Å². The van der Waals surface area contributed by atoms with E-state index in [1.165, 1.54) is 32.1 Å². The Morgan fingerprint density at radius 1 is 1.32 bits per heavy atom. The summed E-state index contributed by atoms with van der Waals surface area (Å²) >= 11 is 0. The first-order valence-electron chi connectivity index (χ1n) is 8.93. The highest BCUT2D eigenvalue weighted by Gasteiger charge is 2.37. The van der Waals surface area contributed by atoms with E-state index in [2.05, 4.69) is 16.8 Å². The molecule has 0 N–H and O–H groups in total. The predicted octanol–water partition coefficient (Wildman–Crippen LogP) is 3.83. The van der Waals surface area contributed by atoms with Crippen LogP contribution in [0.3, 0.4) is 0 Å². The van der Waals surface area contributed by atoms with Crippen molar-refractivity contribution in [3.63, 3.8) is 0 Å². The minimum atomic E-state index is 0.375. The Morgan fingerprint density at radius 3 is 3.05 bits per heavy atom. The Hall–Kier alpha value is -1.38. The quantitative estimate of drug-likeness (QED) is 0.846. The fourth-order valence-electron chi connectivity index (χ4n) is 4.31. The average Bonchev–Trinajstić information content (AvgIpc) is 2.55. The summed E-state index contributed by atoms with van der Waals surface area (Å²) in [5.41, 5.74) is 1.10. The maximum absolute atomic E-state index is 12.6. The summed E-state index contributed by atoms with van der Waals surface area (Å²) in [6.45, 7) is 3.35. The van der Waals surface area contributed by atoms with E-state index in [0.717, 1.165) is 36.9 Å². The molecule has 1 aliphatic heterocycles. The van der Waals surface area contributed by atoms with Gasteiger partial charge >= 0.3 is 0 Å². The number of aryl methyl sites for hydroxylation is 1. The number of hydrogen-bond donors (Lipinski definition) is 0. The second-order valence-corrected chi connectivity index (χ2v) is 7.15. The minimum absolute atomic E-state index is 0.375. The van der Waals surface area contributed by atoms with Gasteiger partial charge < -0.3 is 4.90 Å². The molecule has 0 radical (unpaired) electrons. The zero-order chi connectivity index (χ0) is 15.4. The van der Waals surface area contributed by atoms with E-state index in [0.29, 0.717) is 18.4 Å². The number of nitrogens with zero attached hydrogens (tertiary/aromatic N) is 2. The Labute approximate surface area is 134 Å². The number of piperidine rings is 1. The van der Waals surface area contributed by atoms with Gasteiger partial charge in [0, 0.05) is 30.9 Å². The highest BCUT2D eigenvalue weighted by molar-refractivity contribution is 5.76. The van der Waals surface area contributed by atoms with Crippen molar-refractivity contribution in [2.75, 3.05) is 6.54 Å². The molecule has 3 nitrogen and oxygen atoms in total. The number of likely N-dealkylation sites (tertiary alicyclic amines) is 1. The summed E-state index contributed by atoms with van der Waals surface area (Å²) in [4.78, 5) is 19.2. The third-order valence-corrected chi connectivity index (χ3v) is 5.45. The van der Waals surface area contributed by atoms with Gasteiger partial charge in [-0.25, -0.2) is 0 Å². The van der Waals surface area contributed by atoms with Gasteiger partial charge in [0.25, 0.3) is 0 Å². The van der Waals surface area contributed by atoms with Gasteiger partial charge in [0.05, 0.1) is 0 Å². The Kier molecular flexibility index (Phi) is 5.12. The Balaban J connectivity index is 1.51. The van der Waals surface area contributed by atoms with E-state index in [9.17, 15) is 4.79 Å². The molecule has 1 aromatic rings. The number of pyridine rings is 1. The third kappa shape index (κ3) is 3.68. The number of amides is 1. The van der Waals surface area contributed by atoms with Crippen molar-refractivity contribution in [2.24, 2.45) is 11.8 Å². The van der Waals surface area contributed by atoms with E-state index >= 15 is 0 Å². The molecule has 1 saturated carbocycles. The second-order valence-electron chi connectivity index (χ2n) is 7.15. The highest BCUT2D eigenvalue weighted by Crippen LogP contribution is 2.38. The predicted molar refractivity (Wildman–Crippen MR) is 88.4 cm³/mol. The van der Waals surface area contributed by atoms with Gasteiger partial charge in [0.1, 0.15) is 0 Å². The van der Waals surface area contributed by atoms with Crippen molar-refractivity contribution in [1.82, 2.24) is 9.88 Å². The maximum Gasteiger partial charge on any atom is 0.222 e. The molecule has 1 amide bonds. The molecule has 1 saturated heterocycles. The fourth-order valence-corrected chi connectivity index (χ4v) is 4.31. The van der Waals surface area contributed by atoms with Gasteiger partial charge in [-0.1, -0.05) is 13.0 Å². The number of carbonyl (C=O) groups is 1. The lowest BCUT2D eigenvalue weighted by molar-refractivity contribution is -0.138. The molecule has 22 heavy (non-hydrogen) atoms. The van der Waals surface area contributed by atoms with Crippen molar-refractivity contribution in [2.45, 2.75) is 64.3 Å². The molecule has 0 unspecified atom stereocenters. The molecule has 120 valence electrons. The maximum atomic E-state index is 12.6. The van der Waals surface area contributed by atoms with E-state index in [1.807, 2.05) is 24.4 Å². The summed E-state index contributed by atoms with van der Waals surface area (Å²) in [7, 11) is 0. The molecule has 1 aromatic heterocycles. The molecular weight excluding hydrogens is 272 g/mol. The van der Waals surface area contributed by atoms with Gasteiger partial charge in [0.15, 0.2) is 0 Å². The van der Waals surface area contributed by atoms with Crippen LogP contribution in [0.2, 0.25) is 0 Å². The Bertz CT molecular complexity index is 487. The lowest BCUT2D eigenvalue weighted by Crippen LogP contribution is -2.50. The molecule has 2 aliphatic rings. The molecule has 3 rings (SSSR count). The first-order chi connectivity index (χ1) is 10.7. The summed E-state index contributed by atoms with van der Waals surface area (Å²) in [6.07, 6.45) is 10.7. The van der Waals surface area contributed by atoms with Crippen molar-refractivity contribution in [1.29, 1.82) is 0 Å². The van der Waals surface area contributed by atoms with Crippen molar-refractivity contribution in [3.8, 4) is 0 Å². The molecule has 0 bridgehead atoms. The van der Waals surface area contributed by atoms with Crippen LogP contribution in [0.5, 0.6) is 0 Å². The summed E-state index contributed by atoms with van der Waals surface area (Å²) < 4.78 is 0. The van der Waals surface area contributed by atoms with Crippen LogP contribution in [-0.2, 0) is 11.2 Å². The smallest absolute Gasteiger partial charge is 0.222 e. The molecular formula is C19H28N2O. The largest absolute Gasteiger partial charge is 0.339 e. The number of carbonyl (C=O) groups excluding carboxylic acids is 1. The lowest BCUT2D eigenvalue weighted by Gasteiger charge is -2.45. The van der Waals surface area contributed by atoms with Crippen LogP contribution in [0.15, 0.2) is 24.4 Å². The van der Waals surface area contributed by atoms with Gasteiger partial charge in [0.2, 0.25) is 5.91 Å². The molecule has 3 heteroatoms. The van der Waals surface area contributed by atoms with Crippen molar-refractivity contribution in [3.05, 3.63) is 30.1 Å². The SMILES string of the molecule is C[C@@H]1CC[C@@H]2[C@H](CCCN2C(=O)CCCc2ccccn2)C1. The average molecular weight is 300 g/mol. The molecule has 2 fully saturated rings. The first-order valence-corrected chi connectivity index (χ1v) is 8.93. The van der Waals surface area contributed by atoms with Crippen LogP contribution in [0.1, 0.15) is 57.6 Å². The van der Waals surface area contributed by atoms with Gasteiger partial charge in [-0.3, -0.25) is 9.78 Å². The highest BCUT2D eigenvalue weighted by atomic mass is 16.2. The Morgan fingerprint density at radius 2 is 2.23 bits per heavy atom. The summed E-state index contributed by atoms with van der Waals surface area (Å²) in [6, 6.07) is 6.53. The molecule has 0 spiro atoms. The van der Waals surface area contributed by atoms with Gasteiger partial charge in [-0.2, -0.15) is 0 Å². The topological polar surface area (TPSA) is 33.2 Å². The van der Waals surface area contributed by atoms with Crippen molar-refractivity contribution >= 4 is 5.91 Å². The van der Waals surface area contributed by atoms with Crippen LogP contribution in [0.25, 0.3) is 0 Å². The monoisotopic (exact) mass is 300 g/mol. The van der Waals surface area contributed by atoms with Crippen LogP contribution in [0.4, 0.5) is 0 Å². The number of hydrogen-bond acceptors (Lipinski definition) is 2. The molecule has 3 atom stereocenters. The standard InChI is InChI=1S/C19H28N2O/c1-15-10-11-18-16(14-15)6-5-13-21(18)19(22)9-4-8-17-7-2-3-12-20-17/h2-3,7,12,15-16,18H,4-6,8-11,13-14H2,1H3/t15-,16-,18-/m1/s1. The zero-order valence-corrected chi connectivity index (χ0v) is 13.7. The van der Waals surface area contributed by atoms with Crippen LogP contribution in [-0.4, -0.2) is 28.4 Å². The third-order valence-electron chi connectivity index (χ3n) is 5.45. The summed E-state index contributed by atoms with van der Waals surface area (Å²) in [5.74, 6) is 1.98. The second kappa shape index (κ2) is 7.26. The lowest BCUT2D eigenvalue weighted by atomic mass is 9.74. The number of aromatic nitrogens is 1. The number of fused-ring (bicyclic) bond motifs is 1. The van der Waals surface area contributed by atoms with E-state index in [4.69, 9.17) is 0 Å². The van der Waals surface area contributed by atoms with Crippen molar-refractivity contribution < 1.29 is 4.79 Å². The van der Waals surface area contributed by atoms with E-state index in [1.54, 1.807) is 0 Å². The van der Waals surface area contributed by atoms with Crippen LogP contribution < -0.4 is 0 Å². The minimum Gasteiger partial charge on any atom is -0.339 e. The van der Waals surface area contributed by atoms with Crippen LogP contribution >= 0.6 is 0 Å². The molecule has 0 aromatic carbocycles. The fraction of sp³-hybridized carbons (Fsp3) is 0.684. The number of rotatable bonds is 4. The van der Waals surface area contributed by atoms with E-state index in [-0.39, 0.29) is 0 Å². The summed E-state index contributed by atoms with van der Waals surface area (Å²) in [5, 5.41) is 0.